The lowest BCUT2D eigenvalue weighted by Gasteiger charge is -2.27. The van der Waals surface area contributed by atoms with Gasteiger partial charge in [0.05, 0.1) is 12.7 Å². The van der Waals surface area contributed by atoms with E-state index in [1.807, 2.05) is 11.8 Å². The van der Waals surface area contributed by atoms with Gasteiger partial charge in [0.1, 0.15) is 0 Å². The molecule has 1 aromatic rings. The van der Waals surface area contributed by atoms with Gasteiger partial charge in [-0.25, -0.2) is 0 Å². The molecule has 1 heterocycles. The van der Waals surface area contributed by atoms with E-state index in [4.69, 9.17) is 4.74 Å². The Labute approximate surface area is 114 Å². The predicted octanol–water partition coefficient (Wildman–Crippen LogP) is 3.03. The molecular weight excluding hydrogens is 242 g/mol. The van der Waals surface area contributed by atoms with Gasteiger partial charge < -0.3 is 10.1 Å². The first-order valence-electron chi connectivity index (χ1n) is 6.81. The first-order chi connectivity index (χ1) is 8.81. The van der Waals surface area contributed by atoms with E-state index in [1.54, 1.807) is 0 Å². The van der Waals surface area contributed by atoms with Gasteiger partial charge in [-0.3, -0.25) is 0 Å². The number of benzene rings is 1. The number of fused-ring (bicyclic) bond motifs is 1. The fourth-order valence-corrected chi connectivity index (χ4v) is 3.01. The second kappa shape index (κ2) is 7.17. The molecule has 0 saturated heterocycles. The van der Waals surface area contributed by atoms with Gasteiger partial charge in [0.25, 0.3) is 0 Å². The van der Waals surface area contributed by atoms with Crippen molar-refractivity contribution in [1.29, 1.82) is 0 Å². The maximum absolute atomic E-state index is 5.89. The van der Waals surface area contributed by atoms with E-state index < -0.39 is 0 Å². The third-order valence-corrected chi connectivity index (χ3v) is 4.46. The zero-order valence-corrected chi connectivity index (χ0v) is 12.1. The monoisotopic (exact) mass is 265 g/mol. The molecule has 18 heavy (non-hydrogen) atoms. The Hall–Kier alpha value is -0.510. The summed E-state index contributed by atoms with van der Waals surface area (Å²) in [5.74, 6) is 2.36. The fourth-order valence-electron chi connectivity index (χ4n) is 2.31. The van der Waals surface area contributed by atoms with Gasteiger partial charge in [-0.15, -0.1) is 0 Å². The molecule has 0 amide bonds. The van der Waals surface area contributed by atoms with Crippen LogP contribution in [-0.2, 0) is 11.2 Å². The quantitative estimate of drug-likeness (QED) is 0.854. The van der Waals surface area contributed by atoms with Crippen molar-refractivity contribution in [2.24, 2.45) is 0 Å². The Morgan fingerprint density at radius 1 is 1.44 bits per heavy atom. The largest absolute Gasteiger partial charge is 0.372 e. The van der Waals surface area contributed by atoms with Crippen molar-refractivity contribution in [2.75, 3.05) is 24.7 Å². The van der Waals surface area contributed by atoms with Gasteiger partial charge in [0, 0.05) is 18.3 Å². The summed E-state index contributed by atoms with van der Waals surface area (Å²) < 4.78 is 5.89. The van der Waals surface area contributed by atoms with Gasteiger partial charge in [0.2, 0.25) is 0 Å². The van der Waals surface area contributed by atoms with E-state index in [1.165, 1.54) is 22.6 Å². The first-order valence-corrected chi connectivity index (χ1v) is 7.97. The second-order valence-electron chi connectivity index (χ2n) is 4.78. The summed E-state index contributed by atoms with van der Waals surface area (Å²) in [6.45, 7) is 6.22. The normalized spacial score (nSPS) is 20.4. The van der Waals surface area contributed by atoms with Crippen molar-refractivity contribution in [2.45, 2.75) is 32.4 Å². The summed E-state index contributed by atoms with van der Waals surface area (Å²) >= 11 is 1.99. The van der Waals surface area contributed by atoms with Crippen LogP contribution in [0.3, 0.4) is 0 Å². The van der Waals surface area contributed by atoms with Crippen LogP contribution in [0.5, 0.6) is 0 Å². The van der Waals surface area contributed by atoms with E-state index in [2.05, 4.69) is 43.4 Å². The molecule has 1 aromatic carbocycles. The van der Waals surface area contributed by atoms with E-state index in [0.29, 0.717) is 6.04 Å². The molecule has 0 bridgehead atoms. The standard InChI is InChI=1S/C15H23NOS/c1-3-18-11-12(2)16-10-15-14-7-5-4-6-13(14)8-9-17-15/h4-7,12,15-16H,3,8-11H2,1-2H3. The summed E-state index contributed by atoms with van der Waals surface area (Å²) in [6.07, 6.45) is 1.28. The molecule has 0 saturated carbocycles. The maximum Gasteiger partial charge on any atom is 0.0952 e. The molecule has 0 spiro atoms. The lowest BCUT2D eigenvalue weighted by molar-refractivity contribution is 0.0414. The van der Waals surface area contributed by atoms with Gasteiger partial charge in [0.15, 0.2) is 0 Å². The molecule has 1 aliphatic rings. The summed E-state index contributed by atoms with van der Waals surface area (Å²) in [4.78, 5) is 0. The molecule has 1 aliphatic heterocycles. The minimum absolute atomic E-state index is 0.226. The highest BCUT2D eigenvalue weighted by Gasteiger charge is 2.20. The zero-order valence-electron chi connectivity index (χ0n) is 11.3. The molecule has 1 N–H and O–H groups in total. The number of nitrogens with one attached hydrogen (secondary N) is 1. The summed E-state index contributed by atoms with van der Waals surface area (Å²) in [5.41, 5.74) is 2.82. The number of hydrogen-bond acceptors (Lipinski definition) is 3. The lowest BCUT2D eigenvalue weighted by Crippen LogP contribution is -2.34. The van der Waals surface area contributed by atoms with Crippen LogP contribution >= 0.6 is 11.8 Å². The van der Waals surface area contributed by atoms with Gasteiger partial charge in [-0.2, -0.15) is 11.8 Å². The Bertz CT molecular complexity index is 369. The SMILES string of the molecule is CCSCC(C)NCC1OCCc2ccccc21. The number of hydrogen-bond donors (Lipinski definition) is 1. The Morgan fingerprint density at radius 3 is 3.11 bits per heavy atom. The van der Waals surface area contributed by atoms with Crippen molar-refractivity contribution in [1.82, 2.24) is 5.32 Å². The van der Waals surface area contributed by atoms with E-state index in [-0.39, 0.29) is 6.10 Å². The average Bonchev–Trinajstić information content (AvgIpc) is 2.42. The van der Waals surface area contributed by atoms with Crippen LogP contribution in [0.1, 0.15) is 31.1 Å². The van der Waals surface area contributed by atoms with Crippen molar-refractivity contribution >= 4 is 11.8 Å². The highest BCUT2D eigenvalue weighted by Crippen LogP contribution is 2.26. The minimum Gasteiger partial charge on any atom is -0.372 e. The Morgan fingerprint density at radius 2 is 2.28 bits per heavy atom. The van der Waals surface area contributed by atoms with Crippen LogP contribution in [0.25, 0.3) is 0 Å². The number of rotatable bonds is 6. The molecule has 3 heteroatoms. The minimum atomic E-state index is 0.226. The van der Waals surface area contributed by atoms with Crippen LogP contribution < -0.4 is 5.32 Å². The molecule has 0 fully saturated rings. The third-order valence-electron chi connectivity index (χ3n) is 3.32. The average molecular weight is 265 g/mol. The van der Waals surface area contributed by atoms with Gasteiger partial charge in [-0.1, -0.05) is 31.2 Å². The molecule has 0 radical (unpaired) electrons. The molecule has 2 rings (SSSR count). The molecule has 0 aliphatic carbocycles. The maximum atomic E-state index is 5.89. The third kappa shape index (κ3) is 3.74. The van der Waals surface area contributed by atoms with Crippen molar-refractivity contribution < 1.29 is 4.74 Å². The molecule has 100 valence electrons. The van der Waals surface area contributed by atoms with Gasteiger partial charge in [-0.05, 0) is 30.2 Å². The van der Waals surface area contributed by atoms with E-state index >= 15 is 0 Å². The van der Waals surface area contributed by atoms with Crippen LogP contribution in [0.4, 0.5) is 0 Å². The molecule has 0 aromatic heterocycles. The Balaban J connectivity index is 1.87. The van der Waals surface area contributed by atoms with E-state index in [9.17, 15) is 0 Å². The fraction of sp³-hybridized carbons (Fsp3) is 0.600. The van der Waals surface area contributed by atoms with Crippen LogP contribution in [-0.4, -0.2) is 30.7 Å². The number of ether oxygens (including phenoxy) is 1. The predicted molar refractivity (Wildman–Crippen MR) is 79.3 cm³/mol. The molecule has 2 unspecified atom stereocenters. The molecule has 2 atom stereocenters. The zero-order chi connectivity index (χ0) is 12.8. The van der Waals surface area contributed by atoms with Crippen molar-refractivity contribution in [3.05, 3.63) is 35.4 Å². The van der Waals surface area contributed by atoms with Gasteiger partial charge >= 0.3 is 0 Å². The van der Waals surface area contributed by atoms with Crippen LogP contribution in [0.15, 0.2) is 24.3 Å². The van der Waals surface area contributed by atoms with Crippen LogP contribution in [0.2, 0.25) is 0 Å². The summed E-state index contributed by atoms with van der Waals surface area (Å²) in [7, 11) is 0. The molecule has 2 nitrogen and oxygen atoms in total. The lowest BCUT2D eigenvalue weighted by atomic mass is 9.97. The van der Waals surface area contributed by atoms with Crippen molar-refractivity contribution in [3.8, 4) is 0 Å². The molecular formula is C15H23NOS. The highest BCUT2D eigenvalue weighted by molar-refractivity contribution is 7.99. The topological polar surface area (TPSA) is 21.3 Å². The first kappa shape index (κ1) is 13.9. The highest BCUT2D eigenvalue weighted by atomic mass is 32.2. The second-order valence-corrected chi connectivity index (χ2v) is 6.10. The number of thioether (sulfide) groups is 1. The van der Waals surface area contributed by atoms with E-state index in [0.717, 1.165) is 19.6 Å². The smallest absolute Gasteiger partial charge is 0.0952 e. The van der Waals surface area contributed by atoms with Crippen LogP contribution in [0, 0.1) is 0 Å². The summed E-state index contributed by atoms with van der Waals surface area (Å²) in [5, 5.41) is 3.58. The Kier molecular flexibility index (Phi) is 5.54. The van der Waals surface area contributed by atoms with Crippen molar-refractivity contribution in [3.63, 3.8) is 0 Å². The summed E-state index contributed by atoms with van der Waals surface area (Å²) in [6, 6.07) is 9.20.